The van der Waals surface area contributed by atoms with Gasteiger partial charge in [-0.05, 0) is 25.0 Å². The number of fused-ring (bicyclic) bond motifs is 1. The summed E-state index contributed by atoms with van der Waals surface area (Å²) >= 11 is 0. The van der Waals surface area contributed by atoms with Crippen LogP contribution in [0.25, 0.3) is 0 Å². The number of hydrogen-bond donors (Lipinski definition) is 0. The molecule has 4 heteroatoms. The fourth-order valence-corrected chi connectivity index (χ4v) is 2.24. The van der Waals surface area contributed by atoms with E-state index in [9.17, 15) is 9.59 Å². The molecule has 1 fully saturated rings. The number of hydrogen-bond acceptors (Lipinski definition) is 4. The molecule has 4 nitrogen and oxygen atoms in total. The van der Waals surface area contributed by atoms with Crippen LogP contribution in [0.1, 0.15) is 12.8 Å². The standard InChI is InChI=1S/C10H8O4/c11-7-1-3-9(13-7)5-6-10(9)4-2-8(12)14-10/h1-4H,5-6H2/t9-,10-/m1/s1. The van der Waals surface area contributed by atoms with Crippen molar-refractivity contribution < 1.29 is 19.1 Å². The lowest BCUT2D eigenvalue weighted by Gasteiger charge is -2.50. The molecule has 1 aliphatic carbocycles. The van der Waals surface area contributed by atoms with E-state index < -0.39 is 11.2 Å². The molecule has 3 rings (SSSR count). The van der Waals surface area contributed by atoms with Crippen LogP contribution >= 0.6 is 0 Å². The van der Waals surface area contributed by atoms with Crippen molar-refractivity contribution in [3.05, 3.63) is 24.3 Å². The van der Waals surface area contributed by atoms with Crippen molar-refractivity contribution in [3.8, 4) is 0 Å². The van der Waals surface area contributed by atoms with Crippen LogP contribution in [-0.4, -0.2) is 23.1 Å². The van der Waals surface area contributed by atoms with E-state index in [1.807, 2.05) is 0 Å². The molecule has 2 heterocycles. The first-order valence-electron chi connectivity index (χ1n) is 4.50. The molecule has 72 valence electrons. The van der Waals surface area contributed by atoms with E-state index in [4.69, 9.17) is 9.47 Å². The average molecular weight is 192 g/mol. The number of rotatable bonds is 0. The van der Waals surface area contributed by atoms with Gasteiger partial charge in [-0.2, -0.15) is 0 Å². The van der Waals surface area contributed by atoms with Crippen molar-refractivity contribution in [3.63, 3.8) is 0 Å². The molecule has 2 atom stereocenters. The molecule has 3 aliphatic rings. The summed E-state index contributed by atoms with van der Waals surface area (Å²) in [4.78, 5) is 22.0. The Morgan fingerprint density at radius 1 is 0.929 bits per heavy atom. The summed E-state index contributed by atoms with van der Waals surface area (Å²) in [5.41, 5.74) is -1.43. The summed E-state index contributed by atoms with van der Waals surface area (Å²) in [6, 6.07) is 0. The van der Waals surface area contributed by atoms with Crippen molar-refractivity contribution in [2.45, 2.75) is 24.0 Å². The highest BCUT2D eigenvalue weighted by Crippen LogP contribution is 2.53. The van der Waals surface area contributed by atoms with E-state index in [1.165, 1.54) is 12.2 Å². The summed E-state index contributed by atoms with van der Waals surface area (Å²) in [7, 11) is 0. The zero-order valence-electron chi connectivity index (χ0n) is 7.36. The van der Waals surface area contributed by atoms with Crippen LogP contribution in [-0.2, 0) is 19.1 Å². The Morgan fingerprint density at radius 2 is 1.36 bits per heavy atom. The smallest absolute Gasteiger partial charge is 0.331 e. The SMILES string of the molecule is O=C1C=C[C@]2(CC[C@]23C=CC(=O)O3)O1. The molecule has 2 aliphatic heterocycles. The molecule has 0 bridgehead atoms. The molecule has 0 aromatic rings. The number of carbonyl (C=O) groups is 2. The van der Waals surface area contributed by atoms with Gasteiger partial charge in [-0.25, -0.2) is 9.59 Å². The van der Waals surface area contributed by atoms with E-state index >= 15 is 0 Å². The summed E-state index contributed by atoms with van der Waals surface area (Å²) in [6.45, 7) is 0. The second kappa shape index (κ2) is 2.08. The van der Waals surface area contributed by atoms with Gasteiger partial charge < -0.3 is 9.47 Å². The largest absolute Gasteiger partial charge is 0.447 e. The van der Waals surface area contributed by atoms with Gasteiger partial charge >= 0.3 is 11.9 Å². The minimum absolute atomic E-state index is 0.361. The molecule has 14 heavy (non-hydrogen) atoms. The summed E-state index contributed by atoms with van der Waals surface area (Å²) in [5, 5.41) is 0. The first kappa shape index (κ1) is 7.79. The van der Waals surface area contributed by atoms with Crippen LogP contribution in [0.4, 0.5) is 0 Å². The van der Waals surface area contributed by atoms with E-state index in [0.29, 0.717) is 12.8 Å². The van der Waals surface area contributed by atoms with Crippen LogP contribution in [0.15, 0.2) is 24.3 Å². The highest BCUT2D eigenvalue weighted by Gasteiger charge is 2.65. The number of esters is 2. The fourth-order valence-electron chi connectivity index (χ4n) is 2.24. The third-order valence-electron chi connectivity index (χ3n) is 3.13. The average Bonchev–Trinajstić information content (AvgIpc) is 2.71. The quantitative estimate of drug-likeness (QED) is 0.524. The predicted molar refractivity (Wildman–Crippen MR) is 45.2 cm³/mol. The van der Waals surface area contributed by atoms with Gasteiger partial charge in [0.05, 0.1) is 0 Å². The first-order chi connectivity index (χ1) is 6.66. The summed E-state index contributed by atoms with van der Waals surface area (Å²) < 4.78 is 10.4. The van der Waals surface area contributed by atoms with Gasteiger partial charge in [0.25, 0.3) is 0 Å². The molecular weight excluding hydrogens is 184 g/mol. The molecule has 0 N–H and O–H groups in total. The molecule has 0 amide bonds. The Hall–Kier alpha value is -1.58. The Morgan fingerprint density at radius 3 is 1.57 bits per heavy atom. The van der Waals surface area contributed by atoms with E-state index in [2.05, 4.69) is 0 Å². The lowest BCUT2D eigenvalue weighted by molar-refractivity contribution is -0.206. The molecule has 1 saturated carbocycles. The monoisotopic (exact) mass is 192 g/mol. The molecule has 0 aromatic carbocycles. The maximum absolute atomic E-state index is 11.0. The van der Waals surface area contributed by atoms with Crippen LogP contribution in [0, 0.1) is 0 Å². The van der Waals surface area contributed by atoms with Crippen LogP contribution in [0.3, 0.4) is 0 Å². The highest BCUT2D eigenvalue weighted by molar-refractivity contribution is 5.89. The van der Waals surface area contributed by atoms with E-state index in [1.54, 1.807) is 12.2 Å². The molecule has 0 radical (unpaired) electrons. The maximum Gasteiger partial charge on any atom is 0.331 e. The molecule has 0 unspecified atom stereocenters. The third-order valence-corrected chi connectivity index (χ3v) is 3.13. The number of carbonyl (C=O) groups excluding carboxylic acids is 2. The van der Waals surface area contributed by atoms with Crippen LogP contribution < -0.4 is 0 Å². The second-order valence-electron chi connectivity index (χ2n) is 3.79. The minimum atomic E-state index is -0.716. The first-order valence-corrected chi connectivity index (χ1v) is 4.50. The Balaban J connectivity index is 1.98. The Kier molecular flexibility index (Phi) is 1.16. The summed E-state index contributed by atoms with van der Waals surface area (Å²) in [5.74, 6) is -0.721. The lowest BCUT2D eigenvalue weighted by Crippen LogP contribution is -2.61. The van der Waals surface area contributed by atoms with Gasteiger partial charge in [0.1, 0.15) is 0 Å². The fraction of sp³-hybridized carbons (Fsp3) is 0.400. The van der Waals surface area contributed by atoms with Crippen molar-refractivity contribution in [2.24, 2.45) is 0 Å². The van der Waals surface area contributed by atoms with Gasteiger partial charge in [-0.3, -0.25) is 0 Å². The zero-order valence-corrected chi connectivity index (χ0v) is 7.36. The maximum atomic E-state index is 11.0. The van der Waals surface area contributed by atoms with Crippen molar-refractivity contribution >= 4 is 11.9 Å². The van der Waals surface area contributed by atoms with Gasteiger partial charge in [-0.15, -0.1) is 0 Å². The van der Waals surface area contributed by atoms with Gasteiger partial charge in [0.15, 0.2) is 11.2 Å². The van der Waals surface area contributed by atoms with E-state index in [0.717, 1.165) is 0 Å². The van der Waals surface area contributed by atoms with Crippen molar-refractivity contribution in [1.82, 2.24) is 0 Å². The summed E-state index contributed by atoms with van der Waals surface area (Å²) in [6.07, 6.45) is 7.60. The molecule has 2 spiro atoms. The molecule has 0 saturated heterocycles. The molecular formula is C10H8O4. The normalized spacial score (nSPS) is 43.1. The van der Waals surface area contributed by atoms with Crippen molar-refractivity contribution in [1.29, 1.82) is 0 Å². The topological polar surface area (TPSA) is 52.6 Å². The van der Waals surface area contributed by atoms with Gasteiger partial charge in [0, 0.05) is 12.2 Å². The second-order valence-corrected chi connectivity index (χ2v) is 3.79. The Bertz CT molecular complexity index is 357. The predicted octanol–water partition coefficient (Wildman–Crippen LogP) is 0.484. The van der Waals surface area contributed by atoms with E-state index in [-0.39, 0.29) is 11.9 Å². The van der Waals surface area contributed by atoms with Crippen molar-refractivity contribution in [2.75, 3.05) is 0 Å². The minimum Gasteiger partial charge on any atom is -0.447 e. The van der Waals surface area contributed by atoms with Crippen LogP contribution in [0.2, 0.25) is 0 Å². The molecule has 0 aromatic heterocycles. The van der Waals surface area contributed by atoms with Gasteiger partial charge in [-0.1, -0.05) is 0 Å². The van der Waals surface area contributed by atoms with Gasteiger partial charge in [0.2, 0.25) is 0 Å². The third kappa shape index (κ3) is 0.697. The number of ether oxygens (including phenoxy) is 2. The Labute approximate surface area is 80.2 Å². The zero-order chi connectivity index (χ0) is 9.81. The highest BCUT2D eigenvalue weighted by atomic mass is 16.6. The lowest BCUT2D eigenvalue weighted by atomic mass is 9.65. The van der Waals surface area contributed by atoms with Crippen LogP contribution in [0.5, 0.6) is 0 Å².